The largest absolute Gasteiger partial charge is 0.493 e. The Morgan fingerprint density at radius 1 is 1.22 bits per heavy atom. The fourth-order valence-electron chi connectivity index (χ4n) is 1.21. The molecule has 0 aromatic heterocycles. The van der Waals surface area contributed by atoms with E-state index in [0.29, 0.717) is 23.2 Å². The Bertz CT molecular complexity index is 406. The highest BCUT2D eigenvalue weighted by atomic mass is 79.9. The van der Waals surface area contributed by atoms with Crippen molar-refractivity contribution in [1.82, 2.24) is 0 Å². The van der Waals surface area contributed by atoms with E-state index in [2.05, 4.69) is 21.2 Å². The topological polar surface area (TPSA) is 81.4 Å². The molecular weight excluding hydrogens is 300 g/mol. The van der Waals surface area contributed by atoms with Crippen molar-refractivity contribution >= 4 is 33.4 Å². The lowest BCUT2D eigenvalue weighted by molar-refractivity contribution is -0.118. The van der Waals surface area contributed by atoms with Gasteiger partial charge in [-0.2, -0.15) is 0 Å². The van der Waals surface area contributed by atoms with Crippen LogP contribution < -0.4 is 15.8 Å². The SMILES string of the molecule is NC(=O)CCOc1ccc(NC(=O)CCBr)cc1. The molecule has 0 saturated heterocycles. The highest BCUT2D eigenvalue weighted by Crippen LogP contribution is 2.16. The maximum absolute atomic E-state index is 11.3. The Balaban J connectivity index is 2.42. The normalized spacial score (nSPS) is 9.83. The zero-order chi connectivity index (χ0) is 13.4. The minimum atomic E-state index is -0.395. The minimum Gasteiger partial charge on any atom is -0.493 e. The van der Waals surface area contributed by atoms with E-state index < -0.39 is 5.91 Å². The monoisotopic (exact) mass is 314 g/mol. The van der Waals surface area contributed by atoms with Gasteiger partial charge < -0.3 is 15.8 Å². The fourth-order valence-corrected chi connectivity index (χ4v) is 1.57. The van der Waals surface area contributed by atoms with Crippen LogP contribution in [-0.4, -0.2) is 23.8 Å². The summed E-state index contributed by atoms with van der Waals surface area (Å²) in [5.74, 6) is 0.192. The Kier molecular flexibility index (Phi) is 6.21. The van der Waals surface area contributed by atoms with Gasteiger partial charge in [-0.3, -0.25) is 9.59 Å². The first-order valence-electron chi connectivity index (χ1n) is 5.49. The van der Waals surface area contributed by atoms with Gasteiger partial charge in [0.2, 0.25) is 11.8 Å². The zero-order valence-electron chi connectivity index (χ0n) is 9.82. The Morgan fingerprint density at radius 2 is 1.89 bits per heavy atom. The van der Waals surface area contributed by atoms with E-state index in [4.69, 9.17) is 10.5 Å². The second-order valence-electron chi connectivity index (χ2n) is 3.58. The summed E-state index contributed by atoms with van der Waals surface area (Å²) in [4.78, 5) is 21.8. The van der Waals surface area contributed by atoms with Crippen LogP contribution in [0.5, 0.6) is 5.75 Å². The minimum absolute atomic E-state index is 0.0470. The number of ether oxygens (including phenoxy) is 1. The maximum atomic E-state index is 11.3. The molecular formula is C12H15BrN2O3. The van der Waals surface area contributed by atoms with Crippen LogP contribution in [0.1, 0.15) is 12.8 Å². The molecule has 0 unspecified atom stereocenters. The van der Waals surface area contributed by atoms with E-state index in [1.807, 2.05) is 0 Å². The Labute approximate surface area is 114 Å². The summed E-state index contributed by atoms with van der Waals surface area (Å²) in [5.41, 5.74) is 5.71. The number of nitrogens with two attached hydrogens (primary N) is 1. The summed E-state index contributed by atoms with van der Waals surface area (Å²) in [7, 11) is 0. The Hall–Kier alpha value is -1.56. The highest BCUT2D eigenvalue weighted by Gasteiger charge is 2.01. The standard InChI is InChI=1S/C12H15BrN2O3/c13-7-5-12(17)15-9-1-3-10(4-2-9)18-8-6-11(14)16/h1-4H,5-8H2,(H2,14,16)(H,15,17). The van der Waals surface area contributed by atoms with Gasteiger partial charge in [0.25, 0.3) is 0 Å². The fraction of sp³-hybridized carbons (Fsp3) is 0.333. The van der Waals surface area contributed by atoms with E-state index in [-0.39, 0.29) is 18.9 Å². The average molecular weight is 315 g/mol. The van der Waals surface area contributed by atoms with Crippen LogP contribution in [0.15, 0.2) is 24.3 Å². The first-order chi connectivity index (χ1) is 8.61. The number of carbonyl (C=O) groups excluding carboxylic acids is 2. The summed E-state index contributed by atoms with van der Waals surface area (Å²) in [6.45, 7) is 0.255. The molecule has 0 fully saturated rings. The van der Waals surface area contributed by atoms with Gasteiger partial charge in [0.15, 0.2) is 0 Å². The number of rotatable bonds is 7. The third-order valence-corrected chi connectivity index (χ3v) is 2.47. The van der Waals surface area contributed by atoms with Crippen LogP contribution in [0.3, 0.4) is 0 Å². The molecule has 0 heterocycles. The molecule has 2 amide bonds. The van der Waals surface area contributed by atoms with E-state index in [9.17, 15) is 9.59 Å². The van der Waals surface area contributed by atoms with Crippen LogP contribution >= 0.6 is 15.9 Å². The summed E-state index contributed by atoms with van der Waals surface area (Å²) < 4.78 is 5.30. The number of halogens is 1. The lowest BCUT2D eigenvalue weighted by atomic mass is 10.3. The van der Waals surface area contributed by atoms with Crippen molar-refractivity contribution in [2.75, 3.05) is 17.3 Å². The van der Waals surface area contributed by atoms with Crippen molar-refractivity contribution in [2.24, 2.45) is 5.73 Å². The van der Waals surface area contributed by atoms with Gasteiger partial charge in [0.05, 0.1) is 13.0 Å². The molecule has 0 saturated carbocycles. The number of hydrogen-bond acceptors (Lipinski definition) is 3. The number of benzene rings is 1. The van der Waals surface area contributed by atoms with Crippen LogP contribution in [0.25, 0.3) is 0 Å². The molecule has 18 heavy (non-hydrogen) atoms. The summed E-state index contributed by atoms with van der Waals surface area (Å²) in [6, 6.07) is 6.94. The number of anilines is 1. The second-order valence-corrected chi connectivity index (χ2v) is 4.37. The number of alkyl halides is 1. The second kappa shape index (κ2) is 7.71. The van der Waals surface area contributed by atoms with E-state index in [0.717, 1.165) is 0 Å². The van der Waals surface area contributed by atoms with Crippen LogP contribution in [-0.2, 0) is 9.59 Å². The first kappa shape index (κ1) is 14.5. The van der Waals surface area contributed by atoms with Crippen LogP contribution in [0, 0.1) is 0 Å². The lowest BCUT2D eigenvalue weighted by Crippen LogP contribution is -2.14. The molecule has 1 rings (SSSR count). The first-order valence-corrected chi connectivity index (χ1v) is 6.61. The molecule has 98 valence electrons. The third kappa shape index (κ3) is 5.67. The molecule has 0 atom stereocenters. The predicted molar refractivity (Wildman–Crippen MR) is 72.8 cm³/mol. The van der Waals surface area contributed by atoms with Crippen LogP contribution in [0.2, 0.25) is 0 Å². The molecule has 6 heteroatoms. The Morgan fingerprint density at radius 3 is 2.44 bits per heavy atom. The molecule has 0 aliphatic rings. The third-order valence-electron chi connectivity index (χ3n) is 2.08. The van der Waals surface area contributed by atoms with Gasteiger partial charge in [0.1, 0.15) is 5.75 Å². The number of carbonyl (C=O) groups is 2. The van der Waals surface area contributed by atoms with Crippen molar-refractivity contribution in [3.63, 3.8) is 0 Å². The van der Waals surface area contributed by atoms with E-state index in [1.54, 1.807) is 24.3 Å². The smallest absolute Gasteiger partial charge is 0.225 e. The maximum Gasteiger partial charge on any atom is 0.225 e. The molecule has 0 spiro atoms. The molecule has 0 aliphatic heterocycles. The van der Waals surface area contributed by atoms with E-state index in [1.165, 1.54) is 0 Å². The summed E-state index contributed by atoms with van der Waals surface area (Å²) in [6.07, 6.45) is 0.612. The van der Waals surface area contributed by atoms with Crippen molar-refractivity contribution in [1.29, 1.82) is 0 Å². The molecule has 5 nitrogen and oxygen atoms in total. The molecule has 0 radical (unpaired) electrons. The molecule has 1 aromatic rings. The molecule has 1 aromatic carbocycles. The molecule has 0 aliphatic carbocycles. The summed E-state index contributed by atoms with van der Waals surface area (Å²) in [5, 5.41) is 3.38. The highest BCUT2D eigenvalue weighted by molar-refractivity contribution is 9.09. The van der Waals surface area contributed by atoms with Gasteiger partial charge in [-0.25, -0.2) is 0 Å². The van der Waals surface area contributed by atoms with Crippen LogP contribution in [0.4, 0.5) is 5.69 Å². The van der Waals surface area contributed by atoms with Crippen molar-refractivity contribution in [3.05, 3.63) is 24.3 Å². The number of amides is 2. The zero-order valence-corrected chi connectivity index (χ0v) is 11.4. The summed E-state index contributed by atoms with van der Waals surface area (Å²) >= 11 is 3.20. The molecule has 3 N–H and O–H groups in total. The van der Waals surface area contributed by atoms with Gasteiger partial charge in [0, 0.05) is 17.4 Å². The van der Waals surface area contributed by atoms with Gasteiger partial charge >= 0.3 is 0 Å². The van der Waals surface area contributed by atoms with Gasteiger partial charge in [-0.15, -0.1) is 0 Å². The lowest BCUT2D eigenvalue weighted by Gasteiger charge is -2.07. The van der Waals surface area contributed by atoms with Gasteiger partial charge in [-0.1, -0.05) is 15.9 Å². The van der Waals surface area contributed by atoms with Crippen molar-refractivity contribution in [2.45, 2.75) is 12.8 Å². The predicted octanol–water partition coefficient (Wildman–Crippen LogP) is 1.66. The van der Waals surface area contributed by atoms with E-state index >= 15 is 0 Å². The average Bonchev–Trinajstić information content (AvgIpc) is 2.31. The molecule has 0 bridgehead atoms. The van der Waals surface area contributed by atoms with Gasteiger partial charge in [-0.05, 0) is 24.3 Å². The quantitative estimate of drug-likeness (QED) is 0.751. The number of primary amides is 1. The number of hydrogen-bond donors (Lipinski definition) is 2. The van der Waals surface area contributed by atoms with Crippen molar-refractivity contribution in [3.8, 4) is 5.75 Å². The number of nitrogens with one attached hydrogen (secondary N) is 1. The van der Waals surface area contributed by atoms with Crippen molar-refractivity contribution < 1.29 is 14.3 Å².